The summed E-state index contributed by atoms with van der Waals surface area (Å²) in [5.74, 6) is -0.192. The second kappa shape index (κ2) is 5.32. The van der Waals surface area contributed by atoms with E-state index in [2.05, 4.69) is 4.90 Å². The van der Waals surface area contributed by atoms with Crippen molar-refractivity contribution in [3.05, 3.63) is 35.6 Å². The monoisotopic (exact) mass is 215 g/mol. The standard InChI is InChI=1S/C11H15ClFN/c1-9(12)7-14(2)8-10-3-5-11(13)6-4-10/h3-6,9H,7-8H2,1-2H3. The summed E-state index contributed by atoms with van der Waals surface area (Å²) in [6.45, 7) is 3.60. The zero-order valence-corrected chi connectivity index (χ0v) is 9.26. The molecule has 0 aromatic heterocycles. The first-order valence-corrected chi connectivity index (χ1v) is 5.08. The van der Waals surface area contributed by atoms with Gasteiger partial charge in [-0.1, -0.05) is 12.1 Å². The van der Waals surface area contributed by atoms with Gasteiger partial charge < -0.3 is 4.90 Å². The van der Waals surface area contributed by atoms with Crippen molar-refractivity contribution in [2.45, 2.75) is 18.8 Å². The number of alkyl halides is 1. The topological polar surface area (TPSA) is 3.24 Å². The van der Waals surface area contributed by atoms with Crippen LogP contribution >= 0.6 is 11.6 Å². The molecule has 0 saturated heterocycles. The minimum Gasteiger partial charge on any atom is -0.301 e. The van der Waals surface area contributed by atoms with Crippen LogP contribution in [0, 0.1) is 5.82 Å². The maximum Gasteiger partial charge on any atom is 0.123 e. The predicted octanol–water partition coefficient (Wildman–Crippen LogP) is 2.88. The van der Waals surface area contributed by atoms with Gasteiger partial charge in [0.15, 0.2) is 0 Å². The molecular weight excluding hydrogens is 201 g/mol. The van der Waals surface area contributed by atoms with Crippen LogP contribution in [0.4, 0.5) is 4.39 Å². The van der Waals surface area contributed by atoms with Crippen molar-refractivity contribution in [3.8, 4) is 0 Å². The molecule has 0 aliphatic heterocycles. The Kier molecular flexibility index (Phi) is 4.36. The summed E-state index contributed by atoms with van der Waals surface area (Å²) >= 11 is 5.86. The van der Waals surface area contributed by atoms with Gasteiger partial charge in [-0.05, 0) is 31.7 Å². The van der Waals surface area contributed by atoms with Gasteiger partial charge >= 0.3 is 0 Å². The average Bonchev–Trinajstić information content (AvgIpc) is 2.07. The van der Waals surface area contributed by atoms with Crippen molar-refractivity contribution in [2.24, 2.45) is 0 Å². The zero-order chi connectivity index (χ0) is 10.6. The SMILES string of the molecule is CC(Cl)CN(C)Cc1ccc(F)cc1. The first kappa shape index (κ1) is 11.5. The highest BCUT2D eigenvalue weighted by Gasteiger charge is 2.03. The Hall–Kier alpha value is -0.600. The molecule has 0 N–H and O–H groups in total. The average molecular weight is 216 g/mol. The van der Waals surface area contributed by atoms with E-state index in [1.54, 1.807) is 12.1 Å². The van der Waals surface area contributed by atoms with Gasteiger partial charge in [0, 0.05) is 18.5 Å². The summed E-state index contributed by atoms with van der Waals surface area (Å²) in [7, 11) is 2.00. The zero-order valence-electron chi connectivity index (χ0n) is 8.50. The Balaban J connectivity index is 2.47. The van der Waals surface area contributed by atoms with Crippen LogP contribution in [-0.2, 0) is 6.54 Å². The summed E-state index contributed by atoms with van der Waals surface area (Å²) in [6.07, 6.45) is 0. The number of benzene rings is 1. The normalized spacial score (nSPS) is 13.2. The van der Waals surface area contributed by atoms with E-state index in [-0.39, 0.29) is 11.2 Å². The van der Waals surface area contributed by atoms with Crippen molar-refractivity contribution in [1.29, 1.82) is 0 Å². The molecule has 0 fully saturated rings. The molecule has 0 bridgehead atoms. The maximum atomic E-state index is 12.6. The molecule has 0 amide bonds. The molecule has 0 saturated carbocycles. The van der Waals surface area contributed by atoms with Crippen molar-refractivity contribution in [2.75, 3.05) is 13.6 Å². The van der Waals surface area contributed by atoms with Crippen molar-refractivity contribution in [3.63, 3.8) is 0 Å². The summed E-state index contributed by atoms with van der Waals surface area (Å²) in [5.41, 5.74) is 1.10. The number of hydrogen-bond acceptors (Lipinski definition) is 1. The molecule has 1 aromatic carbocycles. The van der Waals surface area contributed by atoms with Crippen LogP contribution in [0.3, 0.4) is 0 Å². The Labute approximate surface area is 89.5 Å². The van der Waals surface area contributed by atoms with E-state index < -0.39 is 0 Å². The number of hydrogen-bond donors (Lipinski definition) is 0. The van der Waals surface area contributed by atoms with Crippen LogP contribution in [0.2, 0.25) is 0 Å². The number of rotatable bonds is 4. The largest absolute Gasteiger partial charge is 0.301 e. The van der Waals surface area contributed by atoms with Gasteiger partial charge in [-0.2, -0.15) is 0 Å². The molecule has 1 unspecified atom stereocenters. The molecule has 1 atom stereocenters. The highest BCUT2D eigenvalue weighted by molar-refractivity contribution is 6.20. The van der Waals surface area contributed by atoms with E-state index in [1.807, 2.05) is 14.0 Å². The second-order valence-corrected chi connectivity index (χ2v) is 4.35. The maximum absolute atomic E-state index is 12.6. The van der Waals surface area contributed by atoms with Crippen LogP contribution in [0.15, 0.2) is 24.3 Å². The summed E-state index contributed by atoms with van der Waals surface area (Å²) in [4.78, 5) is 2.12. The lowest BCUT2D eigenvalue weighted by atomic mass is 10.2. The van der Waals surface area contributed by atoms with Crippen LogP contribution in [0.25, 0.3) is 0 Å². The third-order valence-corrected chi connectivity index (χ3v) is 2.07. The Bertz CT molecular complexity index is 271. The van der Waals surface area contributed by atoms with E-state index in [1.165, 1.54) is 12.1 Å². The van der Waals surface area contributed by atoms with E-state index in [4.69, 9.17) is 11.6 Å². The van der Waals surface area contributed by atoms with Crippen molar-refractivity contribution >= 4 is 11.6 Å². The van der Waals surface area contributed by atoms with Gasteiger partial charge in [-0.3, -0.25) is 0 Å². The third kappa shape index (κ3) is 4.07. The fraction of sp³-hybridized carbons (Fsp3) is 0.455. The highest BCUT2D eigenvalue weighted by Crippen LogP contribution is 2.06. The summed E-state index contributed by atoms with van der Waals surface area (Å²) in [5, 5.41) is 0.139. The van der Waals surface area contributed by atoms with Crippen LogP contribution in [0.5, 0.6) is 0 Å². The second-order valence-electron chi connectivity index (χ2n) is 3.60. The van der Waals surface area contributed by atoms with Gasteiger partial charge in [0.05, 0.1) is 0 Å². The Morgan fingerprint density at radius 1 is 1.36 bits per heavy atom. The number of nitrogens with zero attached hydrogens (tertiary/aromatic N) is 1. The minimum absolute atomic E-state index is 0.139. The fourth-order valence-corrected chi connectivity index (χ4v) is 1.63. The molecule has 78 valence electrons. The van der Waals surface area contributed by atoms with Gasteiger partial charge in [0.1, 0.15) is 5.82 Å². The van der Waals surface area contributed by atoms with E-state index in [9.17, 15) is 4.39 Å². The minimum atomic E-state index is -0.192. The lowest BCUT2D eigenvalue weighted by Crippen LogP contribution is -2.24. The van der Waals surface area contributed by atoms with Crippen molar-refractivity contribution in [1.82, 2.24) is 4.90 Å². The van der Waals surface area contributed by atoms with Gasteiger partial charge in [-0.25, -0.2) is 4.39 Å². The fourth-order valence-electron chi connectivity index (χ4n) is 1.40. The highest BCUT2D eigenvalue weighted by atomic mass is 35.5. The van der Waals surface area contributed by atoms with Gasteiger partial charge in [0.2, 0.25) is 0 Å². The molecular formula is C11H15ClFN. The third-order valence-electron chi connectivity index (χ3n) is 1.93. The molecule has 0 spiro atoms. The quantitative estimate of drug-likeness (QED) is 0.699. The Morgan fingerprint density at radius 3 is 2.43 bits per heavy atom. The lowest BCUT2D eigenvalue weighted by Gasteiger charge is -2.17. The number of halogens is 2. The molecule has 0 aliphatic carbocycles. The van der Waals surface area contributed by atoms with Crippen LogP contribution in [-0.4, -0.2) is 23.9 Å². The molecule has 3 heteroatoms. The van der Waals surface area contributed by atoms with Gasteiger partial charge in [0.25, 0.3) is 0 Å². The smallest absolute Gasteiger partial charge is 0.123 e. The summed E-state index contributed by atoms with van der Waals surface area (Å²) < 4.78 is 12.6. The molecule has 1 aromatic rings. The Morgan fingerprint density at radius 2 is 1.93 bits per heavy atom. The molecule has 14 heavy (non-hydrogen) atoms. The van der Waals surface area contributed by atoms with Gasteiger partial charge in [-0.15, -0.1) is 11.6 Å². The van der Waals surface area contributed by atoms with Crippen LogP contribution in [0.1, 0.15) is 12.5 Å². The first-order valence-electron chi connectivity index (χ1n) is 4.65. The molecule has 1 rings (SSSR count). The van der Waals surface area contributed by atoms with E-state index in [0.29, 0.717) is 0 Å². The molecule has 0 aliphatic rings. The van der Waals surface area contributed by atoms with E-state index in [0.717, 1.165) is 18.7 Å². The summed E-state index contributed by atoms with van der Waals surface area (Å²) in [6, 6.07) is 6.55. The van der Waals surface area contributed by atoms with E-state index >= 15 is 0 Å². The lowest BCUT2D eigenvalue weighted by molar-refractivity contribution is 0.330. The van der Waals surface area contributed by atoms with Crippen molar-refractivity contribution < 1.29 is 4.39 Å². The molecule has 0 heterocycles. The molecule has 1 nitrogen and oxygen atoms in total. The van der Waals surface area contributed by atoms with Crippen LogP contribution < -0.4 is 0 Å². The predicted molar refractivity (Wildman–Crippen MR) is 58.0 cm³/mol. The first-order chi connectivity index (χ1) is 6.58. The molecule has 0 radical (unpaired) electrons.